The van der Waals surface area contributed by atoms with Crippen molar-refractivity contribution in [1.29, 1.82) is 0 Å². The second-order valence-corrected chi connectivity index (χ2v) is 7.34. The Balaban J connectivity index is 1.86. The molecule has 1 fully saturated rings. The van der Waals surface area contributed by atoms with Gasteiger partial charge in [0, 0.05) is 42.0 Å². The second kappa shape index (κ2) is 8.10. The topological polar surface area (TPSA) is 71.2 Å². The number of fused-ring (bicyclic) bond motifs is 1. The van der Waals surface area contributed by atoms with Gasteiger partial charge in [-0.3, -0.25) is 9.78 Å². The van der Waals surface area contributed by atoms with Gasteiger partial charge < -0.3 is 16.0 Å². The quantitative estimate of drug-likeness (QED) is 0.750. The normalized spacial score (nSPS) is 21.4. The van der Waals surface area contributed by atoms with Crippen molar-refractivity contribution in [3.8, 4) is 0 Å². The molecule has 2 aromatic rings. The van der Waals surface area contributed by atoms with E-state index in [0.717, 1.165) is 0 Å². The zero-order valence-electron chi connectivity index (χ0n) is 15.6. The number of carbonyl (C=O) groups is 1. The van der Waals surface area contributed by atoms with Gasteiger partial charge in [-0.05, 0) is 36.6 Å². The summed E-state index contributed by atoms with van der Waals surface area (Å²) in [6.45, 7) is 2.71. The van der Waals surface area contributed by atoms with Crippen LogP contribution in [0, 0.1) is 5.92 Å². The maximum absolute atomic E-state index is 13.3. The highest BCUT2D eigenvalue weighted by molar-refractivity contribution is 5.94. The lowest BCUT2D eigenvalue weighted by Crippen LogP contribution is -2.57. The predicted octanol–water partition coefficient (Wildman–Crippen LogP) is 3.39. The lowest BCUT2D eigenvalue weighted by molar-refractivity contribution is -0.163. The monoisotopic (exact) mass is 416 g/mol. The third-order valence-electron chi connectivity index (χ3n) is 4.99. The molecule has 3 rings (SSSR count). The van der Waals surface area contributed by atoms with E-state index in [9.17, 15) is 26.7 Å². The molecule has 0 aliphatic carbocycles. The smallest absolute Gasteiger partial charge is 0.369 e. The standard InChI is InChI=1S/C19H21F5N4O/c1-10-7-11(27-18(29)16(25)19(22,23)24)9-28(8-10)14-5-4-13(17(20)21)15-12(14)3-2-6-26-15/h2-6,10-11,16-17H,7-9,25H2,1H3,(H,27,29). The molecule has 0 bridgehead atoms. The van der Waals surface area contributed by atoms with Crippen LogP contribution in [0.3, 0.4) is 0 Å². The first-order valence-electron chi connectivity index (χ1n) is 9.11. The number of benzene rings is 1. The molecular formula is C19H21F5N4O. The number of hydrogen-bond acceptors (Lipinski definition) is 4. The molecule has 0 saturated carbocycles. The van der Waals surface area contributed by atoms with Crippen molar-refractivity contribution < 1.29 is 26.7 Å². The molecule has 1 amide bonds. The Labute approximate surface area is 164 Å². The van der Waals surface area contributed by atoms with E-state index in [1.807, 2.05) is 11.8 Å². The molecule has 158 valence electrons. The van der Waals surface area contributed by atoms with Crippen molar-refractivity contribution in [3.05, 3.63) is 36.0 Å². The Bertz CT molecular complexity index is 889. The zero-order chi connectivity index (χ0) is 21.3. The third-order valence-corrected chi connectivity index (χ3v) is 4.99. The molecule has 1 aliphatic rings. The van der Waals surface area contributed by atoms with Crippen LogP contribution in [0.2, 0.25) is 0 Å². The van der Waals surface area contributed by atoms with Crippen LogP contribution in [0.5, 0.6) is 0 Å². The van der Waals surface area contributed by atoms with E-state index < -0.39 is 30.6 Å². The highest BCUT2D eigenvalue weighted by Crippen LogP contribution is 2.34. The average Bonchev–Trinajstić information content (AvgIpc) is 2.65. The molecule has 3 N–H and O–H groups in total. The molecule has 3 atom stereocenters. The minimum absolute atomic E-state index is 0.0534. The van der Waals surface area contributed by atoms with E-state index in [-0.39, 0.29) is 23.5 Å². The molecule has 3 unspecified atom stereocenters. The molecule has 0 spiro atoms. The fourth-order valence-electron chi connectivity index (χ4n) is 3.72. The predicted molar refractivity (Wildman–Crippen MR) is 98.7 cm³/mol. The van der Waals surface area contributed by atoms with Crippen molar-refractivity contribution in [3.63, 3.8) is 0 Å². The van der Waals surface area contributed by atoms with Crippen LogP contribution in [-0.4, -0.2) is 42.2 Å². The maximum Gasteiger partial charge on any atom is 0.412 e. The van der Waals surface area contributed by atoms with Crippen molar-refractivity contribution in [2.45, 2.75) is 38.0 Å². The Kier molecular flexibility index (Phi) is 5.92. The third kappa shape index (κ3) is 4.58. The molecule has 2 heterocycles. The van der Waals surface area contributed by atoms with Crippen LogP contribution in [0.1, 0.15) is 25.3 Å². The summed E-state index contributed by atoms with van der Waals surface area (Å²) in [4.78, 5) is 17.8. The zero-order valence-corrected chi connectivity index (χ0v) is 15.6. The molecule has 0 radical (unpaired) electrons. The van der Waals surface area contributed by atoms with Gasteiger partial charge in [0.1, 0.15) is 0 Å². The number of pyridine rings is 1. The van der Waals surface area contributed by atoms with Gasteiger partial charge in [-0.15, -0.1) is 0 Å². The van der Waals surface area contributed by atoms with Gasteiger partial charge in [-0.2, -0.15) is 13.2 Å². The number of amides is 1. The van der Waals surface area contributed by atoms with Crippen LogP contribution in [0.15, 0.2) is 30.5 Å². The largest absolute Gasteiger partial charge is 0.412 e. The minimum Gasteiger partial charge on any atom is -0.369 e. The summed E-state index contributed by atoms with van der Waals surface area (Å²) in [5.41, 5.74) is 5.62. The summed E-state index contributed by atoms with van der Waals surface area (Å²) in [6, 6.07) is 3.03. The number of halogens is 5. The minimum atomic E-state index is -4.82. The number of hydrogen-bond donors (Lipinski definition) is 2. The van der Waals surface area contributed by atoms with Gasteiger partial charge in [-0.1, -0.05) is 6.92 Å². The lowest BCUT2D eigenvalue weighted by atomic mass is 9.94. The number of nitrogens with zero attached hydrogens (tertiary/aromatic N) is 2. The van der Waals surface area contributed by atoms with E-state index in [2.05, 4.69) is 10.3 Å². The molecule has 1 aromatic heterocycles. The number of nitrogens with two attached hydrogens (primary N) is 1. The van der Waals surface area contributed by atoms with Crippen LogP contribution >= 0.6 is 0 Å². The summed E-state index contributed by atoms with van der Waals surface area (Å²) >= 11 is 0. The van der Waals surface area contributed by atoms with Gasteiger partial charge in [0.25, 0.3) is 6.43 Å². The highest BCUT2D eigenvalue weighted by Gasteiger charge is 2.43. The number of nitrogens with one attached hydrogen (secondary N) is 1. The number of alkyl halides is 5. The summed E-state index contributed by atoms with van der Waals surface area (Å²) < 4.78 is 64.7. The van der Waals surface area contributed by atoms with Gasteiger partial charge in [-0.25, -0.2) is 8.78 Å². The molecule has 1 saturated heterocycles. The number of aromatic nitrogens is 1. The van der Waals surface area contributed by atoms with Gasteiger partial charge in [0.2, 0.25) is 5.91 Å². The maximum atomic E-state index is 13.3. The molecule has 29 heavy (non-hydrogen) atoms. The molecular weight excluding hydrogens is 395 g/mol. The molecule has 5 nitrogen and oxygen atoms in total. The van der Waals surface area contributed by atoms with Crippen molar-refractivity contribution in [2.75, 3.05) is 18.0 Å². The van der Waals surface area contributed by atoms with Crippen LogP contribution in [0.4, 0.5) is 27.6 Å². The summed E-state index contributed by atoms with van der Waals surface area (Å²) in [7, 11) is 0. The van der Waals surface area contributed by atoms with Crippen LogP contribution in [-0.2, 0) is 4.79 Å². The molecule has 1 aromatic carbocycles. The molecule has 1 aliphatic heterocycles. The fraction of sp³-hybridized carbons (Fsp3) is 0.474. The van der Waals surface area contributed by atoms with E-state index in [1.165, 1.54) is 12.3 Å². The van der Waals surface area contributed by atoms with E-state index in [0.29, 0.717) is 24.0 Å². The van der Waals surface area contributed by atoms with E-state index in [4.69, 9.17) is 5.73 Å². The number of rotatable bonds is 4. The Morgan fingerprint density at radius 1 is 1.28 bits per heavy atom. The van der Waals surface area contributed by atoms with E-state index in [1.54, 1.807) is 18.2 Å². The van der Waals surface area contributed by atoms with Gasteiger partial charge in [0.05, 0.1) is 5.52 Å². The number of piperidine rings is 1. The Hall–Kier alpha value is -2.49. The Morgan fingerprint density at radius 3 is 2.66 bits per heavy atom. The second-order valence-electron chi connectivity index (χ2n) is 7.34. The fourth-order valence-corrected chi connectivity index (χ4v) is 3.72. The highest BCUT2D eigenvalue weighted by atomic mass is 19.4. The molecule has 10 heteroatoms. The number of carbonyl (C=O) groups excluding carboxylic acids is 1. The van der Waals surface area contributed by atoms with E-state index >= 15 is 0 Å². The summed E-state index contributed by atoms with van der Waals surface area (Å²) in [6.07, 6.45) is -5.59. The van der Waals surface area contributed by atoms with Crippen LogP contribution < -0.4 is 16.0 Å². The number of anilines is 1. The van der Waals surface area contributed by atoms with Crippen molar-refractivity contribution >= 4 is 22.5 Å². The summed E-state index contributed by atoms with van der Waals surface area (Å²) in [5.74, 6) is -1.23. The van der Waals surface area contributed by atoms with Gasteiger partial charge in [0.15, 0.2) is 6.04 Å². The Morgan fingerprint density at radius 2 is 2.00 bits per heavy atom. The summed E-state index contributed by atoms with van der Waals surface area (Å²) in [5, 5.41) is 2.90. The van der Waals surface area contributed by atoms with Crippen molar-refractivity contribution in [1.82, 2.24) is 10.3 Å². The first kappa shape index (κ1) is 21.2. The van der Waals surface area contributed by atoms with Crippen molar-refractivity contribution in [2.24, 2.45) is 11.7 Å². The lowest BCUT2D eigenvalue weighted by Gasteiger charge is -2.39. The first-order chi connectivity index (χ1) is 13.6. The van der Waals surface area contributed by atoms with Crippen LogP contribution in [0.25, 0.3) is 10.9 Å². The average molecular weight is 416 g/mol. The first-order valence-corrected chi connectivity index (χ1v) is 9.11. The van der Waals surface area contributed by atoms with Gasteiger partial charge >= 0.3 is 6.18 Å². The SMILES string of the molecule is CC1CC(NC(=O)C(N)C(F)(F)F)CN(c2ccc(C(F)F)c3ncccc23)C1.